The summed E-state index contributed by atoms with van der Waals surface area (Å²) >= 11 is 0. The Bertz CT molecular complexity index is 555. The van der Waals surface area contributed by atoms with Crippen molar-refractivity contribution in [3.8, 4) is 17.6 Å². The molecule has 0 aliphatic carbocycles. The lowest BCUT2D eigenvalue weighted by Gasteiger charge is -2.07. The summed E-state index contributed by atoms with van der Waals surface area (Å²) in [5.41, 5.74) is 1.65. The van der Waals surface area contributed by atoms with Gasteiger partial charge in [0, 0.05) is 0 Å². The molecule has 0 N–H and O–H groups in total. The van der Waals surface area contributed by atoms with Gasteiger partial charge in [0.2, 0.25) is 0 Å². The van der Waals surface area contributed by atoms with Crippen LogP contribution in [0.3, 0.4) is 0 Å². The minimum absolute atomic E-state index is 0.471. The van der Waals surface area contributed by atoms with Gasteiger partial charge in [-0.25, -0.2) is 0 Å². The van der Waals surface area contributed by atoms with Gasteiger partial charge in [-0.1, -0.05) is 18.2 Å². The molecular formula is C15H13NO2. The lowest BCUT2D eigenvalue weighted by molar-refractivity contribution is 0.306. The van der Waals surface area contributed by atoms with Crippen molar-refractivity contribution in [3.63, 3.8) is 0 Å². The quantitative estimate of drug-likeness (QED) is 0.823. The number of ether oxygens (including phenoxy) is 2. The van der Waals surface area contributed by atoms with Gasteiger partial charge in [0.15, 0.2) is 0 Å². The first kappa shape index (κ1) is 12.0. The zero-order valence-electron chi connectivity index (χ0n) is 10.1. The van der Waals surface area contributed by atoms with E-state index in [0.29, 0.717) is 17.9 Å². The van der Waals surface area contributed by atoms with E-state index in [1.54, 1.807) is 19.2 Å². The third-order valence-electron chi connectivity index (χ3n) is 2.53. The molecule has 0 aliphatic heterocycles. The first-order chi connectivity index (χ1) is 8.81. The van der Waals surface area contributed by atoms with E-state index in [9.17, 15) is 0 Å². The van der Waals surface area contributed by atoms with Crippen molar-refractivity contribution in [1.82, 2.24) is 0 Å². The number of hydrogen-bond acceptors (Lipinski definition) is 3. The van der Waals surface area contributed by atoms with E-state index in [1.165, 1.54) is 0 Å². The highest BCUT2D eigenvalue weighted by Gasteiger charge is 1.98. The average molecular weight is 239 g/mol. The summed E-state index contributed by atoms with van der Waals surface area (Å²) in [6.07, 6.45) is 0. The van der Waals surface area contributed by atoms with Gasteiger partial charge in [-0.05, 0) is 35.9 Å². The second-order valence-electron chi connectivity index (χ2n) is 3.78. The summed E-state index contributed by atoms with van der Waals surface area (Å²) in [6.45, 7) is 0.471. The topological polar surface area (TPSA) is 42.2 Å². The fraction of sp³-hybridized carbons (Fsp3) is 0.133. The molecule has 0 aromatic heterocycles. The summed E-state index contributed by atoms with van der Waals surface area (Å²) < 4.78 is 10.7. The Balaban J connectivity index is 2.00. The lowest BCUT2D eigenvalue weighted by Crippen LogP contribution is -1.95. The second-order valence-corrected chi connectivity index (χ2v) is 3.78. The van der Waals surface area contributed by atoms with E-state index in [2.05, 4.69) is 6.07 Å². The largest absolute Gasteiger partial charge is 0.497 e. The van der Waals surface area contributed by atoms with Crippen LogP contribution in [0.1, 0.15) is 11.1 Å². The first-order valence-electron chi connectivity index (χ1n) is 5.58. The van der Waals surface area contributed by atoms with Crippen LogP contribution >= 0.6 is 0 Å². The highest BCUT2D eigenvalue weighted by Crippen LogP contribution is 2.16. The molecule has 0 saturated carbocycles. The van der Waals surface area contributed by atoms with Crippen LogP contribution in [0, 0.1) is 11.3 Å². The minimum atomic E-state index is 0.471. The van der Waals surface area contributed by atoms with Crippen molar-refractivity contribution < 1.29 is 9.47 Å². The van der Waals surface area contributed by atoms with Crippen molar-refractivity contribution in [1.29, 1.82) is 5.26 Å². The molecule has 0 spiro atoms. The van der Waals surface area contributed by atoms with Gasteiger partial charge < -0.3 is 9.47 Å². The Labute approximate surface area is 106 Å². The van der Waals surface area contributed by atoms with Crippen LogP contribution in [-0.4, -0.2) is 7.11 Å². The SMILES string of the molecule is COc1ccc(COc2cccc(C#N)c2)cc1. The molecule has 0 radical (unpaired) electrons. The maximum atomic E-state index is 8.79. The highest BCUT2D eigenvalue weighted by atomic mass is 16.5. The third kappa shape index (κ3) is 3.02. The fourth-order valence-corrected chi connectivity index (χ4v) is 1.54. The zero-order chi connectivity index (χ0) is 12.8. The van der Waals surface area contributed by atoms with E-state index in [0.717, 1.165) is 11.3 Å². The molecule has 0 amide bonds. The molecule has 0 saturated heterocycles. The Hall–Kier alpha value is -2.47. The van der Waals surface area contributed by atoms with Crippen LogP contribution in [0.2, 0.25) is 0 Å². The first-order valence-corrected chi connectivity index (χ1v) is 5.58. The van der Waals surface area contributed by atoms with E-state index in [1.807, 2.05) is 36.4 Å². The molecule has 0 fully saturated rings. The zero-order valence-corrected chi connectivity index (χ0v) is 10.1. The number of methoxy groups -OCH3 is 1. The van der Waals surface area contributed by atoms with Crippen LogP contribution in [0.25, 0.3) is 0 Å². The average Bonchev–Trinajstić information content (AvgIpc) is 2.46. The van der Waals surface area contributed by atoms with Gasteiger partial charge in [0.25, 0.3) is 0 Å². The van der Waals surface area contributed by atoms with Gasteiger partial charge >= 0.3 is 0 Å². The van der Waals surface area contributed by atoms with E-state index < -0.39 is 0 Å². The summed E-state index contributed by atoms with van der Waals surface area (Å²) in [5, 5.41) is 8.79. The maximum absolute atomic E-state index is 8.79. The molecule has 0 heterocycles. The molecule has 2 rings (SSSR count). The van der Waals surface area contributed by atoms with Gasteiger partial charge in [-0.15, -0.1) is 0 Å². The third-order valence-corrected chi connectivity index (χ3v) is 2.53. The minimum Gasteiger partial charge on any atom is -0.497 e. The second kappa shape index (κ2) is 5.74. The van der Waals surface area contributed by atoms with Gasteiger partial charge in [-0.2, -0.15) is 5.26 Å². The van der Waals surface area contributed by atoms with Gasteiger partial charge in [0.1, 0.15) is 18.1 Å². The smallest absolute Gasteiger partial charge is 0.121 e. The van der Waals surface area contributed by atoms with Crippen molar-refractivity contribution in [3.05, 3.63) is 59.7 Å². The fourth-order valence-electron chi connectivity index (χ4n) is 1.54. The van der Waals surface area contributed by atoms with Crippen molar-refractivity contribution in [2.75, 3.05) is 7.11 Å². The molecule has 2 aromatic carbocycles. The molecule has 2 aromatic rings. The number of rotatable bonds is 4. The van der Waals surface area contributed by atoms with Crippen LogP contribution in [-0.2, 0) is 6.61 Å². The standard InChI is InChI=1S/C15H13NO2/c1-17-14-7-5-12(6-8-14)11-18-15-4-2-3-13(9-15)10-16/h2-9H,11H2,1H3. The molecule has 3 heteroatoms. The van der Waals surface area contributed by atoms with E-state index in [4.69, 9.17) is 14.7 Å². The molecule has 90 valence electrons. The number of nitriles is 1. The van der Waals surface area contributed by atoms with Crippen molar-refractivity contribution >= 4 is 0 Å². The van der Waals surface area contributed by atoms with E-state index in [-0.39, 0.29) is 0 Å². The molecule has 0 aliphatic rings. The Morgan fingerprint density at radius 1 is 1.06 bits per heavy atom. The van der Waals surface area contributed by atoms with Crippen LogP contribution in [0.4, 0.5) is 0 Å². The molecule has 18 heavy (non-hydrogen) atoms. The molecule has 0 bridgehead atoms. The Kier molecular flexibility index (Phi) is 3.83. The molecule has 0 unspecified atom stereocenters. The summed E-state index contributed by atoms with van der Waals surface area (Å²) in [5.74, 6) is 1.52. The predicted octanol–water partition coefficient (Wildman–Crippen LogP) is 3.15. The summed E-state index contributed by atoms with van der Waals surface area (Å²) in [4.78, 5) is 0. The Morgan fingerprint density at radius 3 is 2.50 bits per heavy atom. The molecule has 0 atom stereocenters. The van der Waals surface area contributed by atoms with Crippen LogP contribution in [0.5, 0.6) is 11.5 Å². The van der Waals surface area contributed by atoms with Gasteiger partial charge in [0.05, 0.1) is 18.7 Å². The normalized spacial score (nSPS) is 9.56. The highest BCUT2D eigenvalue weighted by molar-refractivity contribution is 5.36. The number of benzene rings is 2. The van der Waals surface area contributed by atoms with E-state index >= 15 is 0 Å². The number of hydrogen-bond donors (Lipinski definition) is 0. The van der Waals surface area contributed by atoms with Crippen LogP contribution in [0.15, 0.2) is 48.5 Å². The van der Waals surface area contributed by atoms with Gasteiger partial charge in [-0.3, -0.25) is 0 Å². The number of nitrogens with zero attached hydrogens (tertiary/aromatic N) is 1. The molecular weight excluding hydrogens is 226 g/mol. The van der Waals surface area contributed by atoms with Crippen molar-refractivity contribution in [2.24, 2.45) is 0 Å². The predicted molar refractivity (Wildman–Crippen MR) is 68.5 cm³/mol. The Morgan fingerprint density at radius 2 is 1.83 bits per heavy atom. The summed E-state index contributed by atoms with van der Waals surface area (Å²) in [6, 6.07) is 16.9. The van der Waals surface area contributed by atoms with Crippen LogP contribution < -0.4 is 9.47 Å². The summed E-state index contributed by atoms with van der Waals surface area (Å²) in [7, 11) is 1.64. The monoisotopic (exact) mass is 239 g/mol. The van der Waals surface area contributed by atoms with Crippen molar-refractivity contribution in [2.45, 2.75) is 6.61 Å². The lowest BCUT2D eigenvalue weighted by atomic mass is 10.2. The molecule has 3 nitrogen and oxygen atoms in total. The maximum Gasteiger partial charge on any atom is 0.121 e.